The Labute approximate surface area is 137 Å². The summed E-state index contributed by atoms with van der Waals surface area (Å²) < 4.78 is 0. The Hall–Kier alpha value is -0.940. The third-order valence-corrected chi connectivity index (χ3v) is 5.80. The number of carbonyl (C=O) groups excluding carboxylic acids is 1. The maximum absolute atomic E-state index is 12.4. The molecule has 1 aromatic rings. The fourth-order valence-corrected chi connectivity index (χ4v) is 4.01. The number of hydrogen-bond donors (Lipinski definition) is 2. The Kier molecular flexibility index (Phi) is 5.98. The van der Waals surface area contributed by atoms with Crippen LogP contribution in [0.3, 0.4) is 0 Å². The van der Waals surface area contributed by atoms with E-state index in [1.807, 2.05) is 5.38 Å². The highest BCUT2D eigenvalue weighted by Crippen LogP contribution is 2.30. The van der Waals surface area contributed by atoms with Crippen LogP contribution < -0.4 is 11.1 Å². The molecule has 4 atom stereocenters. The molecule has 1 aliphatic carbocycles. The predicted molar refractivity (Wildman–Crippen MR) is 91.9 cm³/mol. The van der Waals surface area contributed by atoms with Crippen molar-refractivity contribution in [1.29, 1.82) is 0 Å². The Morgan fingerprint density at radius 1 is 1.45 bits per heavy atom. The van der Waals surface area contributed by atoms with Crippen LogP contribution >= 0.6 is 11.3 Å². The van der Waals surface area contributed by atoms with Gasteiger partial charge in [-0.2, -0.15) is 0 Å². The van der Waals surface area contributed by atoms with Crippen LogP contribution in [0.5, 0.6) is 0 Å². The van der Waals surface area contributed by atoms with Crippen molar-refractivity contribution >= 4 is 17.2 Å². The Morgan fingerprint density at radius 2 is 2.18 bits per heavy atom. The molecule has 1 aliphatic rings. The average Bonchev–Trinajstić information content (AvgIpc) is 2.93. The van der Waals surface area contributed by atoms with Gasteiger partial charge >= 0.3 is 0 Å². The third-order valence-electron chi connectivity index (χ3n) is 4.82. The normalized spacial score (nSPS) is 26.9. The van der Waals surface area contributed by atoms with Gasteiger partial charge in [0.25, 0.3) is 5.91 Å². The molecule has 22 heavy (non-hydrogen) atoms. The van der Waals surface area contributed by atoms with Crippen LogP contribution in [0, 0.1) is 17.8 Å². The maximum Gasteiger partial charge on any atom is 0.270 e. The van der Waals surface area contributed by atoms with Gasteiger partial charge in [0.05, 0.1) is 6.04 Å². The second kappa shape index (κ2) is 7.55. The molecular weight excluding hydrogens is 294 g/mol. The number of carbonyl (C=O) groups is 1. The van der Waals surface area contributed by atoms with Crippen LogP contribution in [-0.2, 0) is 0 Å². The minimum Gasteiger partial charge on any atom is -0.348 e. The van der Waals surface area contributed by atoms with E-state index in [1.54, 1.807) is 0 Å². The molecule has 0 bridgehead atoms. The fraction of sp³-hybridized carbons (Fsp3) is 0.765. The van der Waals surface area contributed by atoms with E-state index >= 15 is 0 Å². The van der Waals surface area contributed by atoms with Gasteiger partial charge in [0, 0.05) is 11.4 Å². The lowest BCUT2D eigenvalue weighted by molar-refractivity contribution is 0.0886. The van der Waals surface area contributed by atoms with Gasteiger partial charge in [-0.15, -0.1) is 11.3 Å². The first kappa shape index (κ1) is 17.4. The zero-order chi connectivity index (χ0) is 16.3. The average molecular weight is 324 g/mol. The Balaban J connectivity index is 1.97. The molecule has 1 amide bonds. The van der Waals surface area contributed by atoms with Crippen molar-refractivity contribution in [3.63, 3.8) is 0 Å². The number of nitrogens with zero attached hydrogens (tertiary/aromatic N) is 1. The van der Waals surface area contributed by atoms with Gasteiger partial charge in [-0.1, -0.05) is 40.5 Å². The summed E-state index contributed by atoms with van der Waals surface area (Å²) in [6, 6.07) is 0.200. The molecule has 1 heterocycles. The number of nitrogens with one attached hydrogen (secondary N) is 1. The lowest BCUT2D eigenvalue weighted by Crippen LogP contribution is -2.43. The molecule has 0 aliphatic heterocycles. The summed E-state index contributed by atoms with van der Waals surface area (Å²) in [5, 5.41) is 5.87. The van der Waals surface area contributed by atoms with Gasteiger partial charge in [-0.3, -0.25) is 4.79 Å². The summed E-state index contributed by atoms with van der Waals surface area (Å²) in [6.07, 6.45) is 4.42. The largest absolute Gasteiger partial charge is 0.348 e. The first-order valence-corrected chi connectivity index (χ1v) is 9.28. The Morgan fingerprint density at radius 3 is 2.86 bits per heavy atom. The van der Waals surface area contributed by atoms with Crippen molar-refractivity contribution in [2.75, 3.05) is 0 Å². The second-order valence-electron chi connectivity index (χ2n) is 7.15. The van der Waals surface area contributed by atoms with E-state index in [0.29, 0.717) is 23.4 Å². The summed E-state index contributed by atoms with van der Waals surface area (Å²) in [7, 11) is 0. The van der Waals surface area contributed by atoms with E-state index in [1.165, 1.54) is 24.2 Å². The van der Waals surface area contributed by atoms with Crippen LogP contribution in [0.1, 0.15) is 74.9 Å². The van der Waals surface area contributed by atoms with Crippen LogP contribution in [0.4, 0.5) is 0 Å². The highest BCUT2D eigenvalue weighted by Gasteiger charge is 2.29. The van der Waals surface area contributed by atoms with Crippen LogP contribution in [-0.4, -0.2) is 16.9 Å². The van der Waals surface area contributed by atoms with Crippen molar-refractivity contribution in [1.82, 2.24) is 10.3 Å². The van der Waals surface area contributed by atoms with E-state index in [9.17, 15) is 4.79 Å². The van der Waals surface area contributed by atoms with Crippen molar-refractivity contribution in [3.8, 4) is 0 Å². The number of amides is 1. The van der Waals surface area contributed by atoms with E-state index < -0.39 is 0 Å². The van der Waals surface area contributed by atoms with Gasteiger partial charge in [-0.25, -0.2) is 4.98 Å². The summed E-state index contributed by atoms with van der Waals surface area (Å²) in [5.41, 5.74) is 6.67. The molecular formula is C17H29N3OS. The molecule has 2 rings (SSSR count). The van der Waals surface area contributed by atoms with E-state index in [0.717, 1.165) is 17.8 Å². The molecule has 4 nitrogen and oxygen atoms in total. The topological polar surface area (TPSA) is 68.0 Å². The molecule has 4 unspecified atom stereocenters. The van der Waals surface area contributed by atoms with Crippen molar-refractivity contribution in [2.24, 2.45) is 23.5 Å². The van der Waals surface area contributed by atoms with Gasteiger partial charge in [0.15, 0.2) is 0 Å². The van der Waals surface area contributed by atoms with Crippen molar-refractivity contribution in [2.45, 2.75) is 65.5 Å². The standard InChI is InChI=1S/C17H29N3OS/c1-10(2)8-13(18)17-20-15(9-22-17)16(21)19-14-7-5-6-11(3)12(14)4/h9-14H,5-8,18H2,1-4H3,(H,19,21). The number of rotatable bonds is 5. The van der Waals surface area contributed by atoms with Crippen LogP contribution in [0.25, 0.3) is 0 Å². The highest BCUT2D eigenvalue weighted by molar-refractivity contribution is 7.09. The minimum absolute atomic E-state index is 0.0507. The highest BCUT2D eigenvalue weighted by atomic mass is 32.1. The number of nitrogens with two attached hydrogens (primary N) is 1. The first-order valence-electron chi connectivity index (χ1n) is 8.40. The molecule has 1 aromatic heterocycles. The third kappa shape index (κ3) is 4.29. The number of aromatic nitrogens is 1. The molecule has 124 valence electrons. The SMILES string of the molecule is CC(C)CC(N)c1nc(C(=O)NC2CCCC(C)C2C)cs1. The van der Waals surface area contributed by atoms with E-state index in [4.69, 9.17) is 5.73 Å². The lowest BCUT2D eigenvalue weighted by atomic mass is 9.78. The second-order valence-corrected chi connectivity index (χ2v) is 8.04. The zero-order valence-electron chi connectivity index (χ0n) is 14.1. The van der Waals surface area contributed by atoms with Crippen LogP contribution in [0.15, 0.2) is 5.38 Å². The van der Waals surface area contributed by atoms with Gasteiger partial charge in [-0.05, 0) is 30.6 Å². The van der Waals surface area contributed by atoms with E-state index in [2.05, 4.69) is 38.0 Å². The summed E-state index contributed by atoms with van der Waals surface area (Å²) in [5.74, 6) is 1.68. The smallest absolute Gasteiger partial charge is 0.270 e. The van der Waals surface area contributed by atoms with Gasteiger partial charge < -0.3 is 11.1 Å². The van der Waals surface area contributed by atoms with Crippen molar-refractivity contribution in [3.05, 3.63) is 16.1 Å². The van der Waals surface area contributed by atoms with Crippen molar-refractivity contribution < 1.29 is 4.79 Å². The van der Waals surface area contributed by atoms with Gasteiger partial charge in [0.2, 0.25) is 0 Å². The number of thiazole rings is 1. The van der Waals surface area contributed by atoms with Gasteiger partial charge in [0.1, 0.15) is 10.7 Å². The molecule has 0 saturated heterocycles. The molecule has 5 heteroatoms. The Bertz CT molecular complexity index is 500. The molecule has 1 saturated carbocycles. The predicted octanol–water partition coefficient (Wildman–Crippen LogP) is 3.74. The monoisotopic (exact) mass is 323 g/mol. The first-order chi connectivity index (χ1) is 10.4. The molecule has 0 aromatic carbocycles. The lowest BCUT2D eigenvalue weighted by Gasteiger charge is -2.34. The minimum atomic E-state index is -0.0693. The summed E-state index contributed by atoms with van der Waals surface area (Å²) in [6.45, 7) is 8.80. The maximum atomic E-state index is 12.4. The zero-order valence-corrected chi connectivity index (χ0v) is 15.0. The molecule has 0 radical (unpaired) electrons. The molecule has 3 N–H and O–H groups in total. The molecule has 1 fully saturated rings. The van der Waals surface area contributed by atoms with Crippen LogP contribution in [0.2, 0.25) is 0 Å². The summed E-state index contributed by atoms with van der Waals surface area (Å²) in [4.78, 5) is 16.9. The fourth-order valence-electron chi connectivity index (χ4n) is 3.20. The summed E-state index contributed by atoms with van der Waals surface area (Å²) >= 11 is 1.49. The van der Waals surface area contributed by atoms with E-state index in [-0.39, 0.29) is 18.0 Å². The number of hydrogen-bond acceptors (Lipinski definition) is 4. The quantitative estimate of drug-likeness (QED) is 0.867. The molecule has 0 spiro atoms.